The summed E-state index contributed by atoms with van der Waals surface area (Å²) in [5.41, 5.74) is 5.94. The monoisotopic (exact) mass is 589 g/mol. The summed E-state index contributed by atoms with van der Waals surface area (Å²) in [4.78, 5) is 12.6. The zero-order chi connectivity index (χ0) is 30.1. The molecule has 0 spiro atoms. The molecule has 0 saturated heterocycles. The van der Waals surface area contributed by atoms with Crippen LogP contribution in [0.25, 0.3) is 11.1 Å². The van der Waals surface area contributed by atoms with Crippen LogP contribution in [-0.2, 0) is 0 Å². The van der Waals surface area contributed by atoms with Gasteiger partial charge in [0.1, 0.15) is 18.1 Å². The second-order valence-corrected chi connectivity index (χ2v) is 11.2. The summed E-state index contributed by atoms with van der Waals surface area (Å²) in [7, 11) is 0. The smallest absolute Gasteiger partial charge is 0.343 e. The van der Waals surface area contributed by atoms with Crippen molar-refractivity contribution < 1.29 is 23.7 Å². The van der Waals surface area contributed by atoms with Gasteiger partial charge in [0, 0.05) is 12.6 Å². The molecule has 44 heavy (non-hydrogen) atoms. The summed E-state index contributed by atoms with van der Waals surface area (Å²) in [5, 5.41) is 3.64. The molecule has 1 fully saturated rings. The number of rotatable bonds is 11. The predicted molar refractivity (Wildman–Crippen MR) is 173 cm³/mol. The number of benzene rings is 4. The largest absolute Gasteiger partial charge is 0.492 e. The van der Waals surface area contributed by atoms with Crippen LogP contribution in [0, 0.1) is 0 Å². The van der Waals surface area contributed by atoms with Gasteiger partial charge in [0.2, 0.25) is 6.79 Å². The third-order valence-corrected chi connectivity index (χ3v) is 8.29. The Bertz CT molecular complexity index is 1570. The normalized spacial score (nSPS) is 15.0. The highest BCUT2D eigenvalue weighted by atomic mass is 16.7. The van der Waals surface area contributed by atoms with Gasteiger partial charge in [-0.25, -0.2) is 4.79 Å². The molecule has 2 aliphatic rings. The molecule has 226 valence electrons. The Morgan fingerprint density at radius 1 is 0.750 bits per heavy atom. The van der Waals surface area contributed by atoms with E-state index in [4.69, 9.17) is 18.9 Å². The van der Waals surface area contributed by atoms with Crippen LogP contribution in [0.15, 0.2) is 97.1 Å². The molecule has 4 aromatic rings. The van der Waals surface area contributed by atoms with Gasteiger partial charge in [0.15, 0.2) is 11.5 Å². The summed E-state index contributed by atoms with van der Waals surface area (Å²) in [6.45, 7) is 3.88. The number of hydrogen-bond donors (Lipinski definition) is 1. The van der Waals surface area contributed by atoms with Gasteiger partial charge in [-0.2, -0.15) is 0 Å². The summed E-state index contributed by atoms with van der Waals surface area (Å²) in [6.07, 6.45) is 7.34. The van der Waals surface area contributed by atoms with Crippen molar-refractivity contribution in [1.29, 1.82) is 0 Å². The zero-order valence-electron chi connectivity index (χ0n) is 25.2. The SMILES string of the molecule is CCC(=C(c1ccc(OCCNC2CCCCC2)cc1)c1ccc(OC(=O)c2ccccc2)cc1)c1ccc2c(c1)OCO2. The highest BCUT2D eigenvalue weighted by molar-refractivity contribution is 5.99. The van der Waals surface area contributed by atoms with Gasteiger partial charge in [-0.3, -0.25) is 0 Å². The summed E-state index contributed by atoms with van der Waals surface area (Å²) in [6, 6.07) is 31.8. The van der Waals surface area contributed by atoms with Gasteiger partial charge < -0.3 is 24.3 Å². The van der Waals surface area contributed by atoms with Crippen molar-refractivity contribution in [3.63, 3.8) is 0 Å². The van der Waals surface area contributed by atoms with Crippen LogP contribution in [0.2, 0.25) is 0 Å². The van der Waals surface area contributed by atoms with E-state index in [-0.39, 0.29) is 12.8 Å². The first-order chi connectivity index (χ1) is 21.7. The highest BCUT2D eigenvalue weighted by Gasteiger charge is 2.19. The predicted octanol–water partition coefficient (Wildman–Crippen LogP) is 8.30. The lowest BCUT2D eigenvalue weighted by Crippen LogP contribution is -2.34. The molecule has 1 aliphatic heterocycles. The van der Waals surface area contributed by atoms with Crippen LogP contribution >= 0.6 is 0 Å². The number of allylic oxidation sites excluding steroid dienone is 1. The minimum atomic E-state index is -0.381. The van der Waals surface area contributed by atoms with E-state index < -0.39 is 0 Å². The molecule has 6 nitrogen and oxygen atoms in total. The number of carbonyl (C=O) groups excluding carboxylic acids is 1. The van der Waals surface area contributed by atoms with Gasteiger partial charge in [-0.15, -0.1) is 0 Å². The fourth-order valence-electron chi connectivity index (χ4n) is 6.01. The molecule has 4 aromatic carbocycles. The van der Waals surface area contributed by atoms with Gasteiger partial charge in [-0.1, -0.05) is 74.7 Å². The van der Waals surface area contributed by atoms with Crippen LogP contribution in [0.1, 0.15) is 72.5 Å². The van der Waals surface area contributed by atoms with Crippen molar-refractivity contribution in [3.8, 4) is 23.0 Å². The molecule has 0 aromatic heterocycles. The standard InChI is InChI=1S/C38H39NO5/c1-2-34(30-17-22-35-36(25-30)43-26-42-35)37(28-15-20-33(21-16-28)44-38(40)29-9-5-3-6-10-29)27-13-18-32(19-14-27)41-24-23-39-31-11-7-4-8-12-31/h3,5-6,9-10,13-22,25,31,39H,2,4,7-8,11-12,23-24,26H2,1H3. The Kier molecular flexibility index (Phi) is 9.58. The van der Waals surface area contributed by atoms with Crippen LogP contribution in [-0.4, -0.2) is 32.0 Å². The molecule has 1 N–H and O–H groups in total. The fourth-order valence-corrected chi connectivity index (χ4v) is 6.01. The number of esters is 1. The maximum atomic E-state index is 12.6. The van der Waals surface area contributed by atoms with Crippen LogP contribution in [0.4, 0.5) is 0 Å². The van der Waals surface area contributed by atoms with Gasteiger partial charge in [0.05, 0.1) is 5.56 Å². The first-order valence-electron chi connectivity index (χ1n) is 15.7. The molecule has 0 unspecified atom stereocenters. The summed E-state index contributed by atoms with van der Waals surface area (Å²) >= 11 is 0. The second kappa shape index (κ2) is 14.3. The third-order valence-electron chi connectivity index (χ3n) is 8.29. The van der Waals surface area contributed by atoms with E-state index in [9.17, 15) is 4.79 Å². The van der Waals surface area contributed by atoms with Crippen molar-refractivity contribution in [1.82, 2.24) is 5.32 Å². The second-order valence-electron chi connectivity index (χ2n) is 11.2. The Labute approximate surface area is 259 Å². The number of carbonyl (C=O) groups is 1. The van der Waals surface area contributed by atoms with Gasteiger partial charge in [0.25, 0.3) is 0 Å². The van der Waals surface area contributed by atoms with Gasteiger partial charge >= 0.3 is 5.97 Å². The molecule has 0 bridgehead atoms. The van der Waals surface area contributed by atoms with Crippen molar-refractivity contribution in [2.45, 2.75) is 51.5 Å². The minimum absolute atomic E-state index is 0.234. The average molecular weight is 590 g/mol. The average Bonchev–Trinajstić information content (AvgIpc) is 3.56. The van der Waals surface area contributed by atoms with Crippen molar-refractivity contribution in [2.75, 3.05) is 19.9 Å². The Morgan fingerprint density at radius 2 is 1.41 bits per heavy atom. The van der Waals surface area contributed by atoms with E-state index in [1.807, 2.05) is 66.7 Å². The Balaban J connectivity index is 1.25. The Morgan fingerprint density at radius 3 is 2.11 bits per heavy atom. The van der Waals surface area contributed by atoms with E-state index in [1.165, 1.54) is 37.7 Å². The van der Waals surface area contributed by atoms with Crippen LogP contribution in [0.3, 0.4) is 0 Å². The molecule has 0 amide bonds. The molecular formula is C38H39NO5. The lowest BCUT2D eigenvalue weighted by molar-refractivity contribution is 0.0734. The molecular weight excluding hydrogens is 550 g/mol. The maximum absolute atomic E-state index is 12.6. The summed E-state index contributed by atoms with van der Waals surface area (Å²) in [5.74, 6) is 2.47. The topological polar surface area (TPSA) is 66.0 Å². The van der Waals surface area contributed by atoms with Crippen LogP contribution in [0.5, 0.6) is 23.0 Å². The molecule has 1 heterocycles. The molecule has 6 rings (SSSR count). The third kappa shape index (κ3) is 7.14. The van der Waals surface area contributed by atoms with Crippen molar-refractivity contribution in [3.05, 3.63) is 119 Å². The highest BCUT2D eigenvalue weighted by Crippen LogP contribution is 2.40. The minimum Gasteiger partial charge on any atom is -0.492 e. The molecule has 6 heteroatoms. The van der Waals surface area contributed by atoms with E-state index in [0.29, 0.717) is 24.0 Å². The van der Waals surface area contributed by atoms with Crippen molar-refractivity contribution in [2.24, 2.45) is 0 Å². The van der Waals surface area contributed by atoms with E-state index in [1.54, 1.807) is 12.1 Å². The lowest BCUT2D eigenvalue weighted by atomic mass is 9.88. The maximum Gasteiger partial charge on any atom is 0.343 e. The number of ether oxygens (including phenoxy) is 4. The zero-order valence-corrected chi connectivity index (χ0v) is 25.2. The first-order valence-corrected chi connectivity index (χ1v) is 15.7. The van der Waals surface area contributed by atoms with E-state index in [0.717, 1.165) is 52.5 Å². The molecule has 1 aliphatic carbocycles. The number of hydrogen-bond acceptors (Lipinski definition) is 6. The van der Waals surface area contributed by atoms with Gasteiger partial charge in [-0.05, 0) is 95.6 Å². The van der Waals surface area contributed by atoms with E-state index in [2.05, 4.69) is 30.4 Å². The molecule has 1 saturated carbocycles. The van der Waals surface area contributed by atoms with Crippen molar-refractivity contribution >= 4 is 17.1 Å². The van der Waals surface area contributed by atoms with E-state index >= 15 is 0 Å². The summed E-state index contributed by atoms with van der Waals surface area (Å²) < 4.78 is 23.0. The fraction of sp³-hybridized carbons (Fsp3) is 0.289. The number of fused-ring (bicyclic) bond motifs is 1. The van der Waals surface area contributed by atoms with Crippen LogP contribution < -0.4 is 24.3 Å². The number of nitrogens with one attached hydrogen (secondary N) is 1. The quantitative estimate of drug-likeness (QED) is 0.0822. The first kappa shape index (κ1) is 29.5. The Hall–Kier alpha value is -4.55. The molecule has 0 atom stereocenters. The molecule has 0 radical (unpaired) electrons. The lowest BCUT2D eigenvalue weighted by Gasteiger charge is -2.22.